The summed E-state index contributed by atoms with van der Waals surface area (Å²) in [6.45, 7) is 1.32. The number of amides is 1. The summed E-state index contributed by atoms with van der Waals surface area (Å²) in [6.07, 6.45) is 5.15. The van der Waals surface area contributed by atoms with Crippen LogP contribution in [0.25, 0.3) is 21.0 Å². The Kier molecular flexibility index (Phi) is 5.70. The molecule has 1 saturated carbocycles. The van der Waals surface area contributed by atoms with Gasteiger partial charge in [-0.25, -0.2) is 0 Å². The lowest BCUT2D eigenvalue weighted by Gasteiger charge is -2.26. The molecule has 1 aliphatic rings. The number of carboxylic acid groups (broad SMARTS) is 1. The zero-order valence-corrected chi connectivity index (χ0v) is 18.6. The second-order valence-corrected chi connectivity index (χ2v) is 9.87. The highest BCUT2D eigenvalue weighted by atomic mass is 32.1. The molecule has 5 nitrogen and oxygen atoms in total. The first-order valence-corrected chi connectivity index (χ1v) is 12.0. The van der Waals surface area contributed by atoms with Crippen LogP contribution in [0.1, 0.15) is 40.9 Å². The van der Waals surface area contributed by atoms with Gasteiger partial charge in [0.1, 0.15) is 0 Å². The van der Waals surface area contributed by atoms with E-state index < -0.39 is 5.97 Å². The molecule has 0 unspecified atom stereocenters. The summed E-state index contributed by atoms with van der Waals surface area (Å²) in [7, 11) is 0. The Morgan fingerprint density at radius 1 is 1.00 bits per heavy atom. The lowest BCUT2D eigenvalue weighted by Crippen LogP contribution is -2.32. The molecule has 0 atom stereocenters. The molecule has 1 amide bonds. The Hall–Kier alpha value is -3.12. The van der Waals surface area contributed by atoms with Gasteiger partial charge in [-0.15, -0.1) is 11.3 Å². The van der Waals surface area contributed by atoms with Gasteiger partial charge >= 0.3 is 5.97 Å². The SMILES string of the molecule is O=C(NC[C@H]1CC[C@H](C(=O)O)CC1)c1cccc2ccn(Cc3cc4ccccc4s3)c12. The summed E-state index contributed by atoms with van der Waals surface area (Å²) in [4.78, 5) is 25.5. The van der Waals surface area contributed by atoms with Gasteiger partial charge in [0.15, 0.2) is 0 Å². The van der Waals surface area contributed by atoms with Gasteiger partial charge in [-0.2, -0.15) is 0 Å². The monoisotopic (exact) mass is 446 g/mol. The van der Waals surface area contributed by atoms with Gasteiger partial charge in [0.25, 0.3) is 5.91 Å². The van der Waals surface area contributed by atoms with Gasteiger partial charge in [0, 0.05) is 27.7 Å². The zero-order valence-electron chi connectivity index (χ0n) is 17.8. The summed E-state index contributed by atoms with van der Waals surface area (Å²) < 4.78 is 3.43. The van der Waals surface area contributed by atoms with Gasteiger partial charge in [-0.05, 0) is 61.3 Å². The molecule has 0 bridgehead atoms. The predicted octanol–water partition coefficient (Wildman–Crippen LogP) is 5.53. The molecule has 2 aromatic heterocycles. The van der Waals surface area contributed by atoms with Crippen LogP contribution in [-0.4, -0.2) is 28.1 Å². The van der Waals surface area contributed by atoms with Crippen LogP contribution < -0.4 is 5.32 Å². The highest BCUT2D eigenvalue weighted by molar-refractivity contribution is 7.19. The Bertz CT molecular complexity index is 1250. The van der Waals surface area contributed by atoms with E-state index in [1.807, 2.05) is 18.2 Å². The van der Waals surface area contributed by atoms with Crippen LogP contribution in [0.5, 0.6) is 0 Å². The van der Waals surface area contributed by atoms with E-state index >= 15 is 0 Å². The molecular weight excluding hydrogens is 420 g/mol. The quantitative estimate of drug-likeness (QED) is 0.409. The van der Waals surface area contributed by atoms with E-state index in [0.29, 0.717) is 30.9 Å². The Morgan fingerprint density at radius 2 is 1.78 bits per heavy atom. The average molecular weight is 447 g/mol. The summed E-state index contributed by atoms with van der Waals surface area (Å²) in [5, 5.41) is 14.6. The first kappa shape index (κ1) is 20.8. The number of hydrogen-bond donors (Lipinski definition) is 2. The third-order valence-electron chi connectivity index (χ3n) is 6.58. The number of para-hydroxylation sites is 1. The zero-order chi connectivity index (χ0) is 22.1. The van der Waals surface area contributed by atoms with Crippen LogP contribution in [0, 0.1) is 11.8 Å². The van der Waals surface area contributed by atoms with Crippen molar-refractivity contribution in [2.45, 2.75) is 32.2 Å². The molecule has 1 aliphatic carbocycles. The van der Waals surface area contributed by atoms with Gasteiger partial charge in [-0.3, -0.25) is 9.59 Å². The Morgan fingerprint density at radius 3 is 2.56 bits per heavy atom. The molecule has 2 N–H and O–H groups in total. The molecule has 4 aromatic rings. The summed E-state index contributed by atoms with van der Waals surface area (Å²) in [6, 6.07) is 18.5. The largest absolute Gasteiger partial charge is 0.481 e. The van der Waals surface area contributed by atoms with E-state index in [0.717, 1.165) is 30.3 Å². The average Bonchev–Trinajstić information content (AvgIpc) is 3.41. The first-order valence-electron chi connectivity index (χ1n) is 11.1. The molecule has 2 aromatic carbocycles. The normalized spacial score (nSPS) is 18.8. The third-order valence-corrected chi connectivity index (χ3v) is 7.68. The van der Waals surface area contributed by atoms with Gasteiger partial charge in [0.05, 0.1) is 23.5 Å². The number of thiophene rings is 1. The summed E-state index contributed by atoms with van der Waals surface area (Å²) >= 11 is 1.79. The molecule has 164 valence electrons. The fourth-order valence-electron chi connectivity index (χ4n) is 4.80. The van der Waals surface area contributed by atoms with Crippen LogP contribution in [-0.2, 0) is 11.3 Å². The Labute approximate surface area is 190 Å². The van der Waals surface area contributed by atoms with Gasteiger partial charge < -0.3 is 15.0 Å². The third kappa shape index (κ3) is 4.15. The van der Waals surface area contributed by atoms with Crippen molar-refractivity contribution in [3.63, 3.8) is 0 Å². The van der Waals surface area contributed by atoms with E-state index in [2.05, 4.69) is 52.5 Å². The van der Waals surface area contributed by atoms with Crippen molar-refractivity contribution >= 4 is 44.2 Å². The van der Waals surface area contributed by atoms with Crippen molar-refractivity contribution in [2.24, 2.45) is 11.8 Å². The molecule has 5 rings (SSSR count). The van der Waals surface area contributed by atoms with Crippen LogP contribution in [0.15, 0.2) is 60.8 Å². The number of aromatic nitrogens is 1. The van der Waals surface area contributed by atoms with Crippen LogP contribution >= 0.6 is 11.3 Å². The number of rotatable bonds is 6. The molecule has 2 heterocycles. The standard InChI is InChI=1S/C26H26N2O3S/c29-25(27-15-17-8-10-19(11-9-17)26(30)31)22-6-3-5-18-12-13-28(24(18)22)16-21-14-20-4-1-2-7-23(20)32-21/h1-7,12-14,17,19H,8-11,15-16H2,(H,27,29)(H,30,31)/t17-,19-. The molecule has 1 fully saturated rings. The minimum absolute atomic E-state index is 0.0627. The minimum Gasteiger partial charge on any atom is -0.481 e. The molecule has 0 saturated heterocycles. The topological polar surface area (TPSA) is 71.3 Å². The van der Waals surface area contributed by atoms with Crippen molar-refractivity contribution < 1.29 is 14.7 Å². The lowest BCUT2D eigenvalue weighted by molar-refractivity contribution is -0.143. The highest BCUT2D eigenvalue weighted by Crippen LogP contribution is 2.30. The van der Waals surface area contributed by atoms with Crippen molar-refractivity contribution in [3.05, 3.63) is 71.2 Å². The van der Waals surface area contributed by atoms with Gasteiger partial charge in [-0.1, -0.05) is 30.3 Å². The number of fused-ring (bicyclic) bond motifs is 2. The van der Waals surface area contributed by atoms with E-state index in [9.17, 15) is 14.7 Å². The van der Waals surface area contributed by atoms with E-state index in [1.165, 1.54) is 15.0 Å². The number of carbonyl (C=O) groups excluding carboxylic acids is 1. The minimum atomic E-state index is -0.696. The maximum atomic E-state index is 13.1. The fourth-order valence-corrected chi connectivity index (χ4v) is 5.87. The van der Waals surface area contributed by atoms with Gasteiger partial charge in [0.2, 0.25) is 0 Å². The molecule has 32 heavy (non-hydrogen) atoms. The number of aliphatic carboxylic acids is 1. The maximum absolute atomic E-state index is 13.1. The maximum Gasteiger partial charge on any atom is 0.306 e. The number of carbonyl (C=O) groups is 2. The van der Waals surface area contributed by atoms with Crippen molar-refractivity contribution in [1.29, 1.82) is 0 Å². The smallest absolute Gasteiger partial charge is 0.306 e. The van der Waals surface area contributed by atoms with Crippen molar-refractivity contribution in [1.82, 2.24) is 9.88 Å². The number of nitrogens with zero attached hydrogens (tertiary/aromatic N) is 1. The number of nitrogens with one attached hydrogen (secondary N) is 1. The summed E-state index contributed by atoms with van der Waals surface area (Å²) in [5.41, 5.74) is 1.64. The summed E-state index contributed by atoms with van der Waals surface area (Å²) in [5.74, 6) is -0.641. The predicted molar refractivity (Wildman–Crippen MR) is 128 cm³/mol. The molecule has 6 heteroatoms. The Balaban J connectivity index is 1.32. The van der Waals surface area contributed by atoms with Crippen molar-refractivity contribution in [3.8, 4) is 0 Å². The van der Waals surface area contributed by atoms with E-state index in [4.69, 9.17) is 0 Å². The fraction of sp³-hybridized carbons (Fsp3) is 0.308. The number of hydrogen-bond acceptors (Lipinski definition) is 3. The number of carboxylic acids is 1. The van der Waals surface area contributed by atoms with Crippen LogP contribution in [0.2, 0.25) is 0 Å². The number of benzene rings is 2. The second kappa shape index (κ2) is 8.79. The highest BCUT2D eigenvalue weighted by Gasteiger charge is 2.26. The van der Waals surface area contributed by atoms with E-state index in [-0.39, 0.29) is 11.8 Å². The molecule has 0 aliphatic heterocycles. The van der Waals surface area contributed by atoms with E-state index in [1.54, 1.807) is 11.3 Å². The molecule has 0 radical (unpaired) electrons. The first-order chi connectivity index (χ1) is 15.6. The van der Waals surface area contributed by atoms with Crippen molar-refractivity contribution in [2.75, 3.05) is 6.54 Å². The van der Waals surface area contributed by atoms with Crippen LogP contribution in [0.4, 0.5) is 0 Å². The molecule has 0 spiro atoms. The lowest BCUT2D eigenvalue weighted by atomic mass is 9.82. The van der Waals surface area contributed by atoms with Crippen LogP contribution in [0.3, 0.4) is 0 Å². The molecular formula is C26H26N2O3S. The second-order valence-electron chi connectivity index (χ2n) is 8.70.